The summed E-state index contributed by atoms with van der Waals surface area (Å²) < 4.78 is 5.97. The molecule has 1 aromatic carbocycles. The molecule has 4 nitrogen and oxygen atoms in total. The molecule has 1 aromatic rings. The van der Waals surface area contributed by atoms with Crippen LogP contribution in [0.2, 0.25) is 0 Å². The van der Waals surface area contributed by atoms with E-state index in [0.29, 0.717) is 6.54 Å². The monoisotopic (exact) mass is 262 g/mol. The van der Waals surface area contributed by atoms with Crippen molar-refractivity contribution in [2.24, 2.45) is 0 Å². The second-order valence-electron chi connectivity index (χ2n) is 5.83. The van der Waals surface area contributed by atoms with E-state index in [2.05, 4.69) is 25.2 Å². The van der Waals surface area contributed by atoms with Gasteiger partial charge >= 0.3 is 0 Å². The van der Waals surface area contributed by atoms with E-state index in [1.54, 1.807) is 19.0 Å². The van der Waals surface area contributed by atoms with Crippen LogP contribution < -0.4 is 10.1 Å². The van der Waals surface area contributed by atoms with E-state index in [0.717, 1.165) is 17.7 Å². The van der Waals surface area contributed by atoms with Crippen LogP contribution in [0.3, 0.4) is 0 Å². The summed E-state index contributed by atoms with van der Waals surface area (Å²) in [6, 6.07) is 8.18. The van der Waals surface area contributed by atoms with Crippen molar-refractivity contribution < 1.29 is 9.53 Å². The van der Waals surface area contributed by atoms with Crippen molar-refractivity contribution in [2.75, 3.05) is 20.6 Å². The van der Waals surface area contributed by atoms with Crippen LogP contribution in [0, 0.1) is 0 Å². The molecule has 1 unspecified atom stereocenters. The first kappa shape index (κ1) is 13.9. The van der Waals surface area contributed by atoms with Gasteiger partial charge in [-0.05, 0) is 19.9 Å². The maximum absolute atomic E-state index is 11.7. The molecule has 4 heteroatoms. The number of hydrogen-bond acceptors (Lipinski definition) is 3. The molecule has 1 atom stereocenters. The van der Waals surface area contributed by atoms with Crippen molar-refractivity contribution in [3.8, 4) is 5.75 Å². The molecular weight excluding hydrogens is 240 g/mol. The van der Waals surface area contributed by atoms with Crippen molar-refractivity contribution in [1.29, 1.82) is 0 Å². The molecule has 2 rings (SSSR count). The summed E-state index contributed by atoms with van der Waals surface area (Å²) >= 11 is 0. The largest absolute Gasteiger partial charge is 0.487 e. The number of carbonyl (C=O) groups excluding carboxylic acids is 1. The van der Waals surface area contributed by atoms with E-state index in [9.17, 15) is 4.79 Å². The Morgan fingerprint density at radius 2 is 2.11 bits per heavy atom. The summed E-state index contributed by atoms with van der Waals surface area (Å²) in [5, 5.41) is 3.34. The van der Waals surface area contributed by atoms with Gasteiger partial charge < -0.3 is 15.0 Å². The third-order valence-corrected chi connectivity index (χ3v) is 3.37. The molecule has 0 aliphatic carbocycles. The number of likely N-dealkylation sites (N-methyl/N-ethyl adjacent to an activating group) is 1. The molecular formula is C15H22N2O2. The Labute approximate surface area is 114 Å². The zero-order chi connectivity index (χ0) is 14.0. The number of nitrogens with one attached hydrogen (secondary N) is 1. The number of ether oxygens (including phenoxy) is 1. The molecule has 1 heterocycles. The van der Waals surface area contributed by atoms with Gasteiger partial charge in [-0.25, -0.2) is 0 Å². The zero-order valence-electron chi connectivity index (χ0n) is 12.1. The number of fused-ring (bicyclic) bond motifs is 1. The van der Waals surface area contributed by atoms with Crippen molar-refractivity contribution in [2.45, 2.75) is 31.9 Å². The van der Waals surface area contributed by atoms with Crippen LogP contribution in [0.5, 0.6) is 5.75 Å². The number of carbonyl (C=O) groups is 1. The number of nitrogens with zero attached hydrogens (tertiary/aromatic N) is 1. The lowest BCUT2D eigenvalue weighted by molar-refractivity contribution is -0.128. The first-order valence-corrected chi connectivity index (χ1v) is 6.60. The fraction of sp³-hybridized carbons (Fsp3) is 0.533. The molecule has 0 saturated heterocycles. The smallest absolute Gasteiger partial charge is 0.236 e. The van der Waals surface area contributed by atoms with Gasteiger partial charge in [-0.2, -0.15) is 0 Å². The second-order valence-corrected chi connectivity index (χ2v) is 5.83. The molecule has 0 fully saturated rings. The Bertz CT molecular complexity index is 469. The molecule has 1 aliphatic heterocycles. The Balaban J connectivity index is 2.14. The molecule has 0 radical (unpaired) electrons. The van der Waals surface area contributed by atoms with Crippen LogP contribution in [0.25, 0.3) is 0 Å². The van der Waals surface area contributed by atoms with Gasteiger partial charge in [0.1, 0.15) is 11.4 Å². The number of hydrogen-bond donors (Lipinski definition) is 1. The number of amides is 1. The topological polar surface area (TPSA) is 41.6 Å². The summed E-state index contributed by atoms with van der Waals surface area (Å²) in [5.74, 6) is 0.996. The molecule has 0 spiro atoms. The first-order chi connectivity index (χ1) is 8.89. The lowest BCUT2D eigenvalue weighted by Crippen LogP contribution is -2.42. The van der Waals surface area contributed by atoms with Gasteiger partial charge in [0.2, 0.25) is 5.91 Å². The van der Waals surface area contributed by atoms with E-state index in [1.165, 1.54) is 0 Å². The summed E-state index contributed by atoms with van der Waals surface area (Å²) in [5.41, 5.74) is 0.918. The highest BCUT2D eigenvalue weighted by molar-refractivity contribution is 5.77. The van der Waals surface area contributed by atoms with Crippen LogP contribution in [-0.4, -0.2) is 37.0 Å². The summed E-state index contributed by atoms with van der Waals surface area (Å²) in [4.78, 5) is 13.3. The van der Waals surface area contributed by atoms with Crippen LogP contribution in [-0.2, 0) is 4.79 Å². The molecule has 1 aliphatic rings. The fourth-order valence-electron chi connectivity index (χ4n) is 2.35. The first-order valence-electron chi connectivity index (χ1n) is 6.60. The summed E-state index contributed by atoms with van der Waals surface area (Å²) in [6.45, 7) is 4.50. The molecule has 0 bridgehead atoms. The van der Waals surface area contributed by atoms with Crippen molar-refractivity contribution in [1.82, 2.24) is 10.2 Å². The highest BCUT2D eigenvalue weighted by Gasteiger charge is 2.33. The lowest BCUT2D eigenvalue weighted by Gasteiger charge is -2.38. The molecule has 0 saturated carbocycles. The standard InChI is InChI=1S/C15H22N2O2/c1-15(2)9-12(16-10-14(18)17(3)4)11-7-5-6-8-13(11)19-15/h5-8,12,16H,9-10H2,1-4H3. The minimum absolute atomic E-state index is 0.0850. The summed E-state index contributed by atoms with van der Waals surface area (Å²) in [7, 11) is 3.54. The normalized spacial score (nSPS) is 20.3. The average Bonchev–Trinajstić information content (AvgIpc) is 2.34. The number of benzene rings is 1. The maximum atomic E-state index is 11.7. The molecule has 0 aromatic heterocycles. The van der Waals surface area contributed by atoms with Crippen LogP contribution in [0.15, 0.2) is 24.3 Å². The van der Waals surface area contributed by atoms with Crippen LogP contribution in [0.4, 0.5) is 0 Å². The van der Waals surface area contributed by atoms with Gasteiger partial charge in [0.25, 0.3) is 0 Å². The zero-order valence-corrected chi connectivity index (χ0v) is 12.1. The Kier molecular flexibility index (Phi) is 3.80. The number of para-hydroxylation sites is 1. The van der Waals surface area contributed by atoms with E-state index < -0.39 is 0 Å². The van der Waals surface area contributed by atoms with Gasteiger partial charge in [0.15, 0.2) is 0 Å². The van der Waals surface area contributed by atoms with Gasteiger partial charge in [-0.3, -0.25) is 4.79 Å². The second kappa shape index (κ2) is 5.21. The Morgan fingerprint density at radius 3 is 2.79 bits per heavy atom. The average molecular weight is 262 g/mol. The maximum Gasteiger partial charge on any atom is 0.236 e. The molecule has 19 heavy (non-hydrogen) atoms. The molecule has 1 N–H and O–H groups in total. The van der Waals surface area contributed by atoms with Crippen LogP contribution >= 0.6 is 0 Å². The summed E-state index contributed by atoms with van der Waals surface area (Å²) in [6.07, 6.45) is 0.852. The van der Waals surface area contributed by atoms with Gasteiger partial charge in [-0.15, -0.1) is 0 Å². The van der Waals surface area contributed by atoms with Gasteiger partial charge in [0, 0.05) is 32.1 Å². The van der Waals surface area contributed by atoms with Crippen molar-refractivity contribution >= 4 is 5.91 Å². The minimum atomic E-state index is -0.215. The van der Waals surface area contributed by atoms with E-state index >= 15 is 0 Å². The van der Waals surface area contributed by atoms with Crippen molar-refractivity contribution in [3.05, 3.63) is 29.8 Å². The third-order valence-electron chi connectivity index (χ3n) is 3.37. The Morgan fingerprint density at radius 1 is 1.42 bits per heavy atom. The fourth-order valence-corrected chi connectivity index (χ4v) is 2.35. The van der Waals surface area contributed by atoms with E-state index in [1.807, 2.05) is 18.2 Å². The molecule has 1 amide bonds. The Hall–Kier alpha value is -1.55. The highest BCUT2D eigenvalue weighted by Crippen LogP contribution is 2.38. The van der Waals surface area contributed by atoms with Gasteiger partial charge in [-0.1, -0.05) is 18.2 Å². The number of rotatable bonds is 3. The van der Waals surface area contributed by atoms with Crippen LogP contribution in [0.1, 0.15) is 31.9 Å². The van der Waals surface area contributed by atoms with Gasteiger partial charge in [0.05, 0.1) is 6.54 Å². The lowest BCUT2D eigenvalue weighted by atomic mass is 9.90. The van der Waals surface area contributed by atoms with E-state index in [4.69, 9.17) is 4.74 Å². The third kappa shape index (κ3) is 3.26. The predicted octanol–water partition coefficient (Wildman–Crippen LogP) is 1.97. The minimum Gasteiger partial charge on any atom is -0.487 e. The quantitative estimate of drug-likeness (QED) is 0.905. The van der Waals surface area contributed by atoms with Crippen molar-refractivity contribution in [3.63, 3.8) is 0 Å². The van der Waals surface area contributed by atoms with E-state index in [-0.39, 0.29) is 17.6 Å². The molecule has 104 valence electrons. The predicted molar refractivity (Wildman–Crippen MR) is 75.2 cm³/mol. The highest BCUT2D eigenvalue weighted by atomic mass is 16.5. The SMILES string of the molecule is CN(C)C(=O)CNC1CC(C)(C)Oc2ccccc21.